The molecule has 2 rings (SSSR count). The zero-order valence-electron chi connectivity index (χ0n) is 13.2. The van der Waals surface area contributed by atoms with Crippen LogP contribution in [0.15, 0.2) is 0 Å². The second-order valence-electron chi connectivity index (χ2n) is 7.12. The van der Waals surface area contributed by atoms with Gasteiger partial charge in [-0.1, -0.05) is 12.8 Å². The molecule has 0 bridgehead atoms. The SMILES string of the molecule is CC(C)NC(C)(CCN1CCC2CCCCC21)C(=O)O. The predicted octanol–water partition coefficient (Wildman–Crippen LogP) is 2.48. The number of fused-ring (bicyclic) bond motifs is 1. The van der Waals surface area contributed by atoms with Crippen molar-refractivity contribution in [2.45, 2.75) is 76.9 Å². The molecule has 1 aliphatic carbocycles. The average Bonchev–Trinajstić information content (AvgIpc) is 2.78. The molecule has 1 saturated heterocycles. The number of carboxylic acids is 1. The molecular formula is C16H30N2O2. The lowest BCUT2D eigenvalue weighted by molar-refractivity contribution is -0.145. The minimum Gasteiger partial charge on any atom is -0.480 e. The molecule has 2 N–H and O–H groups in total. The molecule has 0 aromatic heterocycles. The Kier molecular flexibility index (Phi) is 5.08. The largest absolute Gasteiger partial charge is 0.480 e. The van der Waals surface area contributed by atoms with Gasteiger partial charge in [-0.3, -0.25) is 10.1 Å². The van der Waals surface area contributed by atoms with Crippen LogP contribution in [0.25, 0.3) is 0 Å². The monoisotopic (exact) mass is 282 g/mol. The van der Waals surface area contributed by atoms with Crippen molar-refractivity contribution in [1.29, 1.82) is 0 Å². The Hall–Kier alpha value is -0.610. The van der Waals surface area contributed by atoms with Gasteiger partial charge in [-0.15, -0.1) is 0 Å². The smallest absolute Gasteiger partial charge is 0.323 e. The zero-order valence-corrected chi connectivity index (χ0v) is 13.2. The highest BCUT2D eigenvalue weighted by molar-refractivity contribution is 5.78. The van der Waals surface area contributed by atoms with Gasteiger partial charge in [0.15, 0.2) is 0 Å². The lowest BCUT2D eigenvalue weighted by atomic mass is 9.85. The molecular weight excluding hydrogens is 252 g/mol. The van der Waals surface area contributed by atoms with E-state index in [1.54, 1.807) is 0 Å². The maximum Gasteiger partial charge on any atom is 0.323 e. The molecule has 1 heterocycles. The van der Waals surface area contributed by atoms with Crippen molar-refractivity contribution in [2.75, 3.05) is 13.1 Å². The van der Waals surface area contributed by atoms with E-state index in [0.29, 0.717) is 6.42 Å². The molecule has 4 nitrogen and oxygen atoms in total. The predicted molar refractivity (Wildman–Crippen MR) is 80.9 cm³/mol. The molecule has 0 spiro atoms. The Morgan fingerprint density at radius 3 is 2.70 bits per heavy atom. The number of aliphatic carboxylic acids is 1. The van der Waals surface area contributed by atoms with Gasteiger partial charge in [-0.05, 0) is 58.9 Å². The van der Waals surface area contributed by atoms with E-state index in [4.69, 9.17) is 0 Å². The van der Waals surface area contributed by atoms with Gasteiger partial charge in [0.1, 0.15) is 5.54 Å². The van der Waals surface area contributed by atoms with Crippen LogP contribution in [-0.2, 0) is 4.79 Å². The van der Waals surface area contributed by atoms with Crippen molar-refractivity contribution >= 4 is 5.97 Å². The number of carboxylic acid groups (broad SMARTS) is 1. The quantitative estimate of drug-likeness (QED) is 0.786. The normalized spacial score (nSPS) is 30.2. The van der Waals surface area contributed by atoms with Crippen molar-refractivity contribution in [2.24, 2.45) is 5.92 Å². The molecule has 0 amide bonds. The molecule has 0 aromatic rings. The van der Waals surface area contributed by atoms with E-state index in [-0.39, 0.29) is 6.04 Å². The standard InChI is InChI=1S/C16H30N2O2/c1-12(2)17-16(3,15(19)20)9-11-18-10-8-13-6-4-5-7-14(13)18/h12-14,17H,4-11H2,1-3H3,(H,19,20). The highest BCUT2D eigenvalue weighted by atomic mass is 16.4. The molecule has 1 saturated carbocycles. The highest BCUT2D eigenvalue weighted by Crippen LogP contribution is 2.36. The number of likely N-dealkylation sites (tertiary alicyclic amines) is 1. The van der Waals surface area contributed by atoms with E-state index in [1.165, 1.54) is 32.1 Å². The Morgan fingerprint density at radius 2 is 2.05 bits per heavy atom. The molecule has 1 aliphatic heterocycles. The number of nitrogens with zero attached hydrogens (tertiary/aromatic N) is 1. The van der Waals surface area contributed by atoms with Crippen LogP contribution >= 0.6 is 0 Å². The molecule has 0 radical (unpaired) electrons. The summed E-state index contributed by atoms with van der Waals surface area (Å²) in [6.07, 6.45) is 7.42. The van der Waals surface area contributed by atoms with Crippen LogP contribution in [0.3, 0.4) is 0 Å². The summed E-state index contributed by atoms with van der Waals surface area (Å²) in [7, 11) is 0. The number of nitrogens with one attached hydrogen (secondary N) is 1. The number of carbonyl (C=O) groups is 1. The summed E-state index contributed by atoms with van der Waals surface area (Å²) in [6.45, 7) is 7.91. The van der Waals surface area contributed by atoms with Gasteiger partial charge in [0.2, 0.25) is 0 Å². The Labute approximate surface area is 122 Å². The van der Waals surface area contributed by atoms with Crippen molar-refractivity contribution in [1.82, 2.24) is 10.2 Å². The summed E-state index contributed by atoms with van der Waals surface area (Å²) in [4.78, 5) is 14.1. The van der Waals surface area contributed by atoms with Gasteiger partial charge < -0.3 is 10.0 Å². The van der Waals surface area contributed by atoms with Crippen molar-refractivity contribution < 1.29 is 9.90 Å². The molecule has 2 fully saturated rings. The average molecular weight is 282 g/mol. The molecule has 20 heavy (non-hydrogen) atoms. The fraction of sp³-hybridized carbons (Fsp3) is 0.938. The third-order valence-corrected chi connectivity index (χ3v) is 5.10. The van der Waals surface area contributed by atoms with Gasteiger partial charge in [0.05, 0.1) is 0 Å². The maximum atomic E-state index is 11.6. The fourth-order valence-electron chi connectivity index (χ4n) is 4.03. The van der Waals surface area contributed by atoms with Gasteiger partial charge in [-0.25, -0.2) is 0 Å². The van der Waals surface area contributed by atoms with Gasteiger partial charge in [0, 0.05) is 18.6 Å². The van der Waals surface area contributed by atoms with Crippen LogP contribution in [0.4, 0.5) is 0 Å². The van der Waals surface area contributed by atoms with Gasteiger partial charge in [-0.2, -0.15) is 0 Å². The van der Waals surface area contributed by atoms with E-state index >= 15 is 0 Å². The number of hydrogen-bond donors (Lipinski definition) is 2. The summed E-state index contributed by atoms with van der Waals surface area (Å²) in [5.74, 6) is 0.142. The fourth-order valence-corrected chi connectivity index (χ4v) is 4.03. The van der Waals surface area contributed by atoms with Crippen molar-refractivity contribution in [3.63, 3.8) is 0 Å². The first kappa shape index (κ1) is 15.8. The zero-order chi connectivity index (χ0) is 14.8. The van der Waals surface area contributed by atoms with Gasteiger partial charge in [0.25, 0.3) is 0 Å². The van der Waals surface area contributed by atoms with E-state index in [1.807, 2.05) is 20.8 Å². The third-order valence-electron chi connectivity index (χ3n) is 5.10. The topological polar surface area (TPSA) is 52.6 Å². The lowest BCUT2D eigenvalue weighted by Gasteiger charge is -2.35. The van der Waals surface area contributed by atoms with Crippen LogP contribution in [0.1, 0.15) is 59.3 Å². The van der Waals surface area contributed by atoms with Crippen molar-refractivity contribution in [3.8, 4) is 0 Å². The first-order chi connectivity index (χ1) is 9.42. The number of hydrogen-bond acceptors (Lipinski definition) is 3. The minimum atomic E-state index is -0.805. The second kappa shape index (κ2) is 6.44. The van der Waals surface area contributed by atoms with Gasteiger partial charge >= 0.3 is 5.97 Å². The molecule has 3 atom stereocenters. The van der Waals surface area contributed by atoms with Crippen molar-refractivity contribution in [3.05, 3.63) is 0 Å². The highest BCUT2D eigenvalue weighted by Gasteiger charge is 2.38. The first-order valence-electron chi connectivity index (χ1n) is 8.17. The molecule has 2 aliphatic rings. The van der Waals surface area contributed by atoms with E-state index in [0.717, 1.165) is 25.0 Å². The summed E-state index contributed by atoms with van der Waals surface area (Å²) in [5, 5.41) is 12.7. The summed E-state index contributed by atoms with van der Waals surface area (Å²) < 4.78 is 0. The Morgan fingerprint density at radius 1 is 1.35 bits per heavy atom. The number of rotatable bonds is 6. The molecule has 0 aromatic carbocycles. The van der Waals surface area contributed by atoms with Crippen LogP contribution < -0.4 is 5.32 Å². The maximum absolute atomic E-state index is 11.6. The summed E-state index contributed by atoms with van der Waals surface area (Å²) in [5.41, 5.74) is -0.805. The van der Waals surface area contributed by atoms with Crippen LogP contribution in [0.2, 0.25) is 0 Å². The molecule has 4 heteroatoms. The van der Waals surface area contributed by atoms with E-state index in [9.17, 15) is 9.90 Å². The summed E-state index contributed by atoms with van der Waals surface area (Å²) >= 11 is 0. The van der Waals surface area contributed by atoms with Crippen LogP contribution in [-0.4, -0.2) is 46.7 Å². The molecule has 3 unspecified atom stereocenters. The van der Waals surface area contributed by atoms with E-state index in [2.05, 4.69) is 10.2 Å². The van der Waals surface area contributed by atoms with E-state index < -0.39 is 11.5 Å². The first-order valence-corrected chi connectivity index (χ1v) is 8.17. The Balaban J connectivity index is 1.91. The molecule has 116 valence electrons. The summed E-state index contributed by atoms with van der Waals surface area (Å²) in [6, 6.07) is 0.915. The minimum absolute atomic E-state index is 0.192. The second-order valence-corrected chi connectivity index (χ2v) is 7.12. The van der Waals surface area contributed by atoms with Crippen LogP contribution in [0.5, 0.6) is 0 Å². The Bertz CT molecular complexity index is 345. The van der Waals surface area contributed by atoms with Crippen LogP contribution in [0, 0.1) is 5.92 Å². The lowest BCUT2D eigenvalue weighted by Crippen LogP contribution is -2.54. The third kappa shape index (κ3) is 3.53.